The highest BCUT2D eigenvalue weighted by Crippen LogP contribution is 2.30. The third-order valence-electron chi connectivity index (χ3n) is 6.47. The number of rotatable bonds is 11. The van der Waals surface area contributed by atoms with Crippen molar-refractivity contribution in [2.45, 2.75) is 44.2 Å². The molecule has 1 fully saturated rings. The Morgan fingerprint density at radius 3 is 2.37 bits per heavy atom. The lowest BCUT2D eigenvalue weighted by atomic mass is 9.94. The van der Waals surface area contributed by atoms with Gasteiger partial charge in [0.1, 0.15) is 12.4 Å². The van der Waals surface area contributed by atoms with Gasteiger partial charge in [-0.05, 0) is 53.8 Å². The second kappa shape index (κ2) is 12.4. The molecule has 0 bridgehead atoms. The normalized spacial score (nSPS) is 14.9. The van der Waals surface area contributed by atoms with Gasteiger partial charge in [-0.15, -0.1) is 0 Å². The van der Waals surface area contributed by atoms with Gasteiger partial charge in [-0.3, -0.25) is 0 Å². The zero-order valence-electron chi connectivity index (χ0n) is 20.0. The summed E-state index contributed by atoms with van der Waals surface area (Å²) in [5, 5.41) is 26.5. The molecule has 0 aromatic heterocycles. The fraction of sp³-hybridized carbons (Fsp3) is 0.345. The molecule has 3 aromatic carbocycles. The van der Waals surface area contributed by atoms with Crippen LogP contribution in [-0.2, 0) is 0 Å². The van der Waals surface area contributed by atoms with E-state index in [0.717, 1.165) is 35.3 Å². The van der Waals surface area contributed by atoms with Crippen molar-refractivity contribution >= 4 is 11.7 Å². The van der Waals surface area contributed by atoms with Crippen LogP contribution >= 0.6 is 0 Å². The summed E-state index contributed by atoms with van der Waals surface area (Å²) in [4.78, 5) is 11.7. The second-order valence-electron chi connectivity index (χ2n) is 9.05. The monoisotopic (exact) mass is 474 g/mol. The fourth-order valence-electron chi connectivity index (χ4n) is 4.51. The molecule has 0 unspecified atom stereocenters. The minimum atomic E-state index is -0.913. The van der Waals surface area contributed by atoms with Gasteiger partial charge >= 0.3 is 5.97 Å². The van der Waals surface area contributed by atoms with E-state index in [4.69, 9.17) is 4.74 Å². The molecule has 35 heavy (non-hydrogen) atoms. The smallest absolute Gasteiger partial charge is 0.337 e. The van der Waals surface area contributed by atoms with Gasteiger partial charge in [-0.25, -0.2) is 4.79 Å². The van der Waals surface area contributed by atoms with Crippen molar-refractivity contribution < 1.29 is 19.7 Å². The van der Waals surface area contributed by atoms with Gasteiger partial charge in [0.05, 0.1) is 11.7 Å². The maximum absolute atomic E-state index is 11.7. The Hall–Kier alpha value is -3.35. The van der Waals surface area contributed by atoms with Gasteiger partial charge in [-0.1, -0.05) is 67.8 Å². The number of nitrogens with one attached hydrogen (secondary N) is 2. The minimum Gasteiger partial charge on any atom is -0.492 e. The molecule has 184 valence electrons. The van der Waals surface area contributed by atoms with Crippen molar-refractivity contribution in [1.29, 1.82) is 0 Å². The SMILES string of the molecule is O=C(O)c1ccc(-c2ccc(OCCNC[C@H](O)c3ccccc3)cc2)cc1NC1CCCCC1. The molecule has 0 radical (unpaired) electrons. The molecule has 1 saturated carbocycles. The van der Waals surface area contributed by atoms with Crippen LogP contribution in [0.25, 0.3) is 11.1 Å². The Labute approximate surface area is 207 Å². The first-order chi connectivity index (χ1) is 17.1. The van der Waals surface area contributed by atoms with Crippen LogP contribution < -0.4 is 15.4 Å². The number of carboxylic acids is 1. The van der Waals surface area contributed by atoms with Crippen molar-refractivity contribution in [1.82, 2.24) is 5.32 Å². The Morgan fingerprint density at radius 2 is 1.66 bits per heavy atom. The van der Waals surface area contributed by atoms with Crippen molar-refractivity contribution in [2.75, 3.05) is 25.0 Å². The summed E-state index contributed by atoms with van der Waals surface area (Å²) in [7, 11) is 0. The maximum Gasteiger partial charge on any atom is 0.337 e. The molecule has 0 amide bonds. The van der Waals surface area contributed by atoms with Crippen LogP contribution in [0, 0.1) is 0 Å². The number of hydrogen-bond acceptors (Lipinski definition) is 5. The molecule has 0 aliphatic heterocycles. The van der Waals surface area contributed by atoms with Gasteiger partial charge in [0.15, 0.2) is 0 Å². The van der Waals surface area contributed by atoms with E-state index in [-0.39, 0.29) is 0 Å². The maximum atomic E-state index is 11.7. The van der Waals surface area contributed by atoms with Crippen LogP contribution in [0.2, 0.25) is 0 Å². The van der Waals surface area contributed by atoms with Crippen LogP contribution in [0.1, 0.15) is 54.1 Å². The molecule has 4 N–H and O–H groups in total. The third-order valence-corrected chi connectivity index (χ3v) is 6.47. The summed E-state index contributed by atoms with van der Waals surface area (Å²) >= 11 is 0. The molecular weight excluding hydrogens is 440 g/mol. The highest BCUT2D eigenvalue weighted by molar-refractivity contribution is 5.95. The van der Waals surface area contributed by atoms with Crippen LogP contribution in [0.5, 0.6) is 5.75 Å². The number of benzene rings is 3. The van der Waals surface area contributed by atoms with Crippen LogP contribution in [-0.4, -0.2) is 41.9 Å². The highest BCUT2D eigenvalue weighted by Gasteiger charge is 2.17. The van der Waals surface area contributed by atoms with Crippen molar-refractivity contribution in [3.05, 3.63) is 83.9 Å². The van der Waals surface area contributed by atoms with Crippen molar-refractivity contribution in [2.24, 2.45) is 0 Å². The lowest BCUT2D eigenvalue weighted by molar-refractivity contribution is 0.0698. The third kappa shape index (κ3) is 7.07. The topological polar surface area (TPSA) is 90.8 Å². The number of carbonyl (C=O) groups is 1. The summed E-state index contributed by atoms with van der Waals surface area (Å²) < 4.78 is 5.83. The Morgan fingerprint density at radius 1 is 0.943 bits per heavy atom. The van der Waals surface area contributed by atoms with Crippen LogP contribution in [0.3, 0.4) is 0 Å². The molecule has 3 aromatic rings. The van der Waals surface area contributed by atoms with Gasteiger partial charge in [0.25, 0.3) is 0 Å². The van der Waals surface area contributed by atoms with E-state index in [1.807, 2.05) is 66.7 Å². The minimum absolute atomic E-state index is 0.309. The summed E-state index contributed by atoms with van der Waals surface area (Å²) in [6, 6.07) is 23.2. The summed E-state index contributed by atoms with van der Waals surface area (Å²) in [6.07, 6.45) is 5.24. The molecule has 6 nitrogen and oxygen atoms in total. The molecule has 0 saturated heterocycles. The first kappa shape index (κ1) is 24.8. The van der Waals surface area contributed by atoms with E-state index in [2.05, 4.69) is 10.6 Å². The number of carboxylic acid groups (broad SMARTS) is 1. The first-order valence-corrected chi connectivity index (χ1v) is 12.4. The molecule has 6 heteroatoms. The number of aromatic carboxylic acids is 1. The first-order valence-electron chi connectivity index (χ1n) is 12.4. The van der Waals surface area contributed by atoms with Gasteiger partial charge < -0.3 is 25.6 Å². The van der Waals surface area contributed by atoms with E-state index in [1.54, 1.807) is 6.07 Å². The van der Waals surface area contributed by atoms with Gasteiger partial charge in [0, 0.05) is 24.8 Å². The number of aliphatic hydroxyl groups is 1. The summed E-state index contributed by atoms with van der Waals surface area (Å²) in [5.41, 5.74) is 3.86. The van der Waals surface area contributed by atoms with E-state index < -0.39 is 12.1 Å². The average molecular weight is 475 g/mol. The van der Waals surface area contributed by atoms with Gasteiger partial charge in [0.2, 0.25) is 0 Å². The zero-order valence-corrected chi connectivity index (χ0v) is 20.0. The highest BCUT2D eigenvalue weighted by atomic mass is 16.5. The zero-order chi connectivity index (χ0) is 24.5. The Kier molecular flexibility index (Phi) is 8.76. The predicted octanol–water partition coefficient (Wildman–Crippen LogP) is 5.50. The lowest BCUT2D eigenvalue weighted by Crippen LogP contribution is -2.26. The summed E-state index contributed by atoms with van der Waals surface area (Å²) in [5.74, 6) is -0.148. The largest absolute Gasteiger partial charge is 0.492 e. The van der Waals surface area contributed by atoms with E-state index in [9.17, 15) is 15.0 Å². The molecule has 1 aliphatic carbocycles. The van der Waals surface area contributed by atoms with E-state index in [1.165, 1.54) is 19.3 Å². The molecular formula is C29H34N2O4. The number of aliphatic hydroxyl groups excluding tert-OH is 1. The standard InChI is InChI=1S/C29H34N2O4/c32-28(22-7-3-1-4-8-22)20-30-17-18-35-25-14-11-21(12-15-25)23-13-16-26(29(33)34)27(19-23)31-24-9-5-2-6-10-24/h1,3-4,7-8,11-16,19,24,28,30-32H,2,5-6,9-10,17-18,20H2,(H,33,34)/t28-/m0/s1. The number of ether oxygens (including phenoxy) is 1. The van der Waals surface area contributed by atoms with Crippen molar-refractivity contribution in [3.8, 4) is 16.9 Å². The summed E-state index contributed by atoms with van der Waals surface area (Å²) in [6.45, 7) is 1.58. The van der Waals surface area contributed by atoms with E-state index in [0.29, 0.717) is 37.0 Å². The second-order valence-corrected chi connectivity index (χ2v) is 9.05. The average Bonchev–Trinajstić information content (AvgIpc) is 2.89. The van der Waals surface area contributed by atoms with Crippen LogP contribution in [0.4, 0.5) is 5.69 Å². The fourth-order valence-corrected chi connectivity index (χ4v) is 4.51. The molecule has 0 heterocycles. The quantitative estimate of drug-likeness (QED) is 0.275. The molecule has 0 spiro atoms. The predicted molar refractivity (Wildman–Crippen MR) is 139 cm³/mol. The van der Waals surface area contributed by atoms with E-state index >= 15 is 0 Å². The molecule has 1 atom stereocenters. The van der Waals surface area contributed by atoms with Crippen molar-refractivity contribution in [3.63, 3.8) is 0 Å². The van der Waals surface area contributed by atoms with Gasteiger partial charge in [-0.2, -0.15) is 0 Å². The lowest BCUT2D eigenvalue weighted by Gasteiger charge is -2.25. The van der Waals surface area contributed by atoms with Crippen LogP contribution in [0.15, 0.2) is 72.8 Å². The number of anilines is 1. The number of hydrogen-bond donors (Lipinski definition) is 4. The Balaban J connectivity index is 1.30. The Bertz CT molecular complexity index is 1080. The molecule has 4 rings (SSSR count). The molecule has 1 aliphatic rings.